The minimum atomic E-state index is -0.200. The third kappa shape index (κ3) is 2.93. The largest absolute Gasteiger partial charge is 0.496 e. The van der Waals surface area contributed by atoms with Crippen LogP contribution in [0.25, 0.3) is 0 Å². The number of hydrogen-bond acceptors (Lipinski definition) is 2. The maximum atomic E-state index is 13.0. The fourth-order valence-corrected chi connectivity index (χ4v) is 1.70. The Morgan fingerprint density at radius 3 is 3.00 bits per heavy atom. The van der Waals surface area contributed by atoms with Gasteiger partial charge in [-0.3, -0.25) is 0 Å². The molecule has 1 heterocycles. The molecule has 15 heavy (non-hydrogen) atoms. The fourth-order valence-electron chi connectivity index (χ4n) is 1.70. The van der Waals surface area contributed by atoms with Crippen LogP contribution in [0, 0.1) is 5.82 Å². The third-order valence-electron chi connectivity index (χ3n) is 2.62. The van der Waals surface area contributed by atoms with Gasteiger partial charge in [0.2, 0.25) is 0 Å². The third-order valence-corrected chi connectivity index (χ3v) is 2.62. The summed E-state index contributed by atoms with van der Waals surface area (Å²) in [5.41, 5.74) is 0.943. The molecule has 1 aliphatic rings. The lowest BCUT2D eigenvalue weighted by molar-refractivity contribution is 0.388. The standard InChI is InChI=1S/C12H15FO2/c1-14-12-6-5-10(13)7-9(12)3-2-4-11-8-15-11/h5-7,11H,2-4,8H2,1H3. The lowest BCUT2D eigenvalue weighted by Gasteiger charge is -2.07. The first kappa shape index (κ1) is 10.4. The van der Waals surface area contributed by atoms with Gasteiger partial charge in [0, 0.05) is 0 Å². The Morgan fingerprint density at radius 2 is 2.33 bits per heavy atom. The summed E-state index contributed by atoms with van der Waals surface area (Å²) in [5, 5.41) is 0. The maximum Gasteiger partial charge on any atom is 0.123 e. The van der Waals surface area contributed by atoms with Crippen LogP contribution < -0.4 is 4.74 Å². The van der Waals surface area contributed by atoms with E-state index in [-0.39, 0.29) is 5.82 Å². The molecule has 82 valence electrons. The van der Waals surface area contributed by atoms with Gasteiger partial charge in [0.05, 0.1) is 19.8 Å². The molecule has 0 aromatic heterocycles. The first-order valence-electron chi connectivity index (χ1n) is 5.23. The summed E-state index contributed by atoms with van der Waals surface area (Å²) in [6, 6.07) is 4.65. The van der Waals surface area contributed by atoms with Crippen molar-refractivity contribution in [3.63, 3.8) is 0 Å². The minimum absolute atomic E-state index is 0.200. The van der Waals surface area contributed by atoms with Crippen molar-refractivity contribution in [3.8, 4) is 5.75 Å². The summed E-state index contributed by atoms with van der Waals surface area (Å²) in [5.74, 6) is 0.571. The summed E-state index contributed by atoms with van der Waals surface area (Å²) in [6.45, 7) is 0.889. The molecular formula is C12H15FO2. The maximum absolute atomic E-state index is 13.0. The van der Waals surface area contributed by atoms with Crippen LogP contribution in [0.5, 0.6) is 5.75 Å². The summed E-state index contributed by atoms with van der Waals surface area (Å²) in [6.07, 6.45) is 3.37. The summed E-state index contributed by atoms with van der Waals surface area (Å²) >= 11 is 0. The van der Waals surface area contributed by atoms with E-state index in [1.807, 2.05) is 0 Å². The Morgan fingerprint density at radius 1 is 1.53 bits per heavy atom. The normalized spacial score (nSPS) is 18.9. The molecule has 1 atom stereocenters. The lowest BCUT2D eigenvalue weighted by Crippen LogP contribution is -1.95. The monoisotopic (exact) mass is 210 g/mol. The van der Waals surface area contributed by atoms with E-state index in [1.165, 1.54) is 6.07 Å². The predicted molar refractivity (Wildman–Crippen MR) is 55.6 cm³/mol. The highest BCUT2D eigenvalue weighted by Gasteiger charge is 2.21. The van der Waals surface area contributed by atoms with E-state index in [2.05, 4.69) is 0 Å². The van der Waals surface area contributed by atoms with Crippen molar-refractivity contribution in [1.29, 1.82) is 0 Å². The van der Waals surface area contributed by atoms with Gasteiger partial charge in [0.15, 0.2) is 0 Å². The average molecular weight is 210 g/mol. The first-order chi connectivity index (χ1) is 7.29. The van der Waals surface area contributed by atoms with Gasteiger partial charge >= 0.3 is 0 Å². The van der Waals surface area contributed by atoms with Crippen LogP contribution in [0.15, 0.2) is 18.2 Å². The summed E-state index contributed by atoms with van der Waals surface area (Å²) in [4.78, 5) is 0. The van der Waals surface area contributed by atoms with Crippen LogP contribution in [0.4, 0.5) is 4.39 Å². The molecule has 0 radical (unpaired) electrons. The van der Waals surface area contributed by atoms with E-state index < -0.39 is 0 Å². The van der Waals surface area contributed by atoms with Gasteiger partial charge in [-0.15, -0.1) is 0 Å². The Labute approximate surface area is 89.0 Å². The number of hydrogen-bond donors (Lipinski definition) is 0. The number of aryl methyl sites for hydroxylation is 1. The molecule has 1 aliphatic heterocycles. The second-order valence-corrected chi connectivity index (χ2v) is 3.80. The topological polar surface area (TPSA) is 21.8 Å². The molecule has 0 N–H and O–H groups in total. The molecule has 0 amide bonds. The van der Waals surface area contributed by atoms with E-state index in [0.29, 0.717) is 6.10 Å². The first-order valence-corrected chi connectivity index (χ1v) is 5.23. The fraction of sp³-hybridized carbons (Fsp3) is 0.500. The quantitative estimate of drug-likeness (QED) is 0.697. The summed E-state index contributed by atoms with van der Waals surface area (Å²) in [7, 11) is 1.61. The predicted octanol–water partition coefficient (Wildman–Crippen LogP) is 2.56. The number of benzene rings is 1. The van der Waals surface area contributed by atoms with Crippen LogP contribution in [0.1, 0.15) is 18.4 Å². The molecule has 0 spiro atoms. The Hall–Kier alpha value is -1.09. The second-order valence-electron chi connectivity index (χ2n) is 3.80. The molecule has 0 aliphatic carbocycles. The van der Waals surface area contributed by atoms with Crippen molar-refractivity contribution in [3.05, 3.63) is 29.6 Å². The number of rotatable bonds is 5. The smallest absolute Gasteiger partial charge is 0.123 e. The number of ether oxygens (including phenoxy) is 2. The van der Waals surface area contributed by atoms with E-state index in [9.17, 15) is 4.39 Å². The van der Waals surface area contributed by atoms with Gasteiger partial charge in [-0.25, -0.2) is 4.39 Å². The van der Waals surface area contributed by atoms with E-state index in [4.69, 9.17) is 9.47 Å². The van der Waals surface area contributed by atoms with Crippen molar-refractivity contribution in [2.24, 2.45) is 0 Å². The van der Waals surface area contributed by atoms with Gasteiger partial charge in [0.1, 0.15) is 11.6 Å². The van der Waals surface area contributed by atoms with Crippen LogP contribution in [-0.4, -0.2) is 19.8 Å². The highest BCUT2D eigenvalue weighted by molar-refractivity contribution is 5.33. The van der Waals surface area contributed by atoms with Crippen molar-refractivity contribution < 1.29 is 13.9 Å². The molecule has 2 rings (SSSR count). The van der Waals surface area contributed by atoms with E-state index in [1.54, 1.807) is 19.2 Å². The van der Waals surface area contributed by atoms with Crippen molar-refractivity contribution in [1.82, 2.24) is 0 Å². The zero-order valence-electron chi connectivity index (χ0n) is 8.83. The molecular weight excluding hydrogens is 195 g/mol. The van der Waals surface area contributed by atoms with Gasteiger partial charge in [0.25, 0.3) is 0 Å². The Kier molecular flexibility index (Phi) is 3.21. The summed E-state index contributed by atoms with van der Waals surface area (Å²) < 4.78 is 23.3. The average Bonchev–Trinajstić information content (AvgIpc) is 3.02. The molecule has 1 aromatic rings. The van der Waals surface area contributed by atoms with Gasteiger partial charge < -0.3 is 9.47 Å². The minimum Gasteiger partial charge on any atom is -0.496 e. The van der Waals surface area contributed by atoms with Crippen LogP contribution in [-0.2, 0) is 11.2 Å². The zero-order chi connectivity index (χ0) is 10.7. The van der Waals surface area contributed by atoms with Crippen LogP contribution in [0.3, 0.4) is 0 Å². The molecule has 3 heteroatoms. The van der Waals surface area contributed by atoms with Crippen molar-refractivity contribution in [2.75, 3.05) is 13.7 Å². The SMILES string of the molecule is COc1ccc(F)cc1CCCC1CO1. The molecule has 0 bridgehead atoms. The molecule has 1 aromatic carbocycles. The molecule has 1 fully saturated rings. The van der Waals surface area contributed by atoms with Gasteiger partial charge in [-0.1, -0.05) is 0 Å². The van der Waals surface area contributed by atoms with Crippen molar-refractivity contribution >= 4 is 0 Å². The van der Waals surface area contributed by atoms with E-state index in [0.717, 1.165) is 37.2 Å². The molecule has 2 nitrogen and oxygen atoms in total. The van der Waals surface area contributed by atoms with Gasteiger partial charge in [-0.05, 0) is 43.0 Å². The Bertz CT molecular complexity index is 334. The number of halogens is 1. The number of methoxy groups -OCH3 is 1. The lowest BCUT2D eigenvalue weighted by atomic mass is 10.1. The zero-order valence-corrected chi connectivity index (χ0v) is 8.83. The van der Waals surface area contributed by atoms with Crippen LogP contribution in [0.2, 0.25) is 0 Å². The second kappa shape index (κ2) is 4.62. The highest BCUT2D eigenvalue weighted by atomic mass is 19.1. The molecule has 0 saturated carbocycles. The van der Waals surface area contributed by atoms with Crippen LogP contribution >= 0.6 is 0 Å². The Balaban J connectivity index is 1.94. The molecule has 1 saturated heterocycles. The van der Waals surface area contributed by atoms with Crippen molar-refractivity contribution in [2.45, 2.75) is 25.4 Å². The highest BCUT2D eigenvalue weighted by Crippen LogP contribution is 2.23. The molecule has 1 unspecified atom stereocenters. The van der Waals surface area contributed by atoms with Gasteiger partial charge in [-0.2, -0.15) is 0 Å². The van der Waals surface area contributed by atoms with E-state index >= 15 is 0 Å². The number of epoxide rings is 1.